The molecule has 0 aliphatic carbocycles. The highest BCUT2D eigenvalue weighted by Gasteiger charge is 2.25. The van der Waals surface area contributed by atoms with Crippen LogP contribution in [-0.2, 0) is 0 Å². The maximum Gasteiger partial charge on any atom is 0.0786 e. The molecule has 31 heavy (non-hydrogen) atoms. The van der Waals surface area contributed by atoms with Gasteiger partial charge in [0.05, 0.1) is 26.2 Å². The molecule has 0 heterocycles. The van der Waals surface area contributed by atoms with Crippen molar-refractivity contribution in [2.75, 3.05) is 26.2 Å². The van der Waals surface area contributed by atoms with Crippen molar-refractivity contribution in [3.05, 3.63) is 0 Å². The molecule has 0 atom stereocenters. The molecule has 0 aromatic heterocycles. The van der Waals surface area contributed by atoms with Crippen LogP contribution in [0, 0.1) is 0 Å². The average molecular weight is 505 g/mol. The maximum atomic E-state index is 2.34. The van der Waals surface area contributed by atoms with Crippen LogP contribution in [0.3, 0.4) is 0 Å². The fourth-order valence-corrected chi connectivity index (χ4v) is 5.05. The predicted octanol–water partition coefficient (Wildman–Crippen LogP) is 7.08. The zero-order valence-electron chi connectivity index (χ0n) is 22.5. The molecule has 0 amide bonds. The van der Waals surface area contributed by atoms with E-state index in [9.17, 15) is 0 Å². The van der Waals surface area contributed by atoms with Crippen molar-refractivity contribution < 1.29 is 21.5 Å². The maximum absolute atomic E-state index is 2.34. The third-order valence-corrected chi connectivity index (χ3v) is 7.19. The minimum atomic E-state index is 0. The summed E-state index contributed by atoms with van der Waals surface area (Å²) in [6.07, 6.45) is 30.3. The number of unbranched alkanes of at least 4 members (excludes halogenated alkanes) is 17. The smallest absolute Gasteiger partial charge is 0.0786 e. The molecule has 0 saturated heterocycles. The number of rotatable bonds is 25. The lowest BCUT2D eigenvalue weighted by molar-refractivity contribution is -0.929. The molecule has 2 heteroatoms. The van der Waals surface area contributed by atoms with E-state index in [0.29, 0.717) is 0 Å². The summed E-state index contributed by atoms with van der Waals surface area (Å²) < 4.78 is 1.47. The molecule has 0 bridgehead atoms. The summed E-state index contributed by atoms with van der Waals surface area (Å²) in [5, 5.41) is 0. The van der Waals surface area contributed by atoms with E-state index in [0.717, 1.165) is 0 Å². The molecule has 0 saturated carbocycles. The minimum Gasteiger partial charge on any atom is -1.00 e. The summed E-state index contributed by atoms with van der Waals surface area (Å²) in [5.41, 5.74) is 0. The van der Waals surface area contributed by atoms with Crippen molar-refractivity contribution in [2.24, 2.45) is 0 Å². The van der Waals surface area contributed by atoms with Gasteiger partial charge in [0.25, 0.3) is 0 Å². The summed E-state index contributed by atoms with van der Waals surface area (Å²) in [5.74, 6) is 0. The Balaban J connectivity index is 0. The predicted molar refractivity (Wildman–Crippen MR) is 139 cm³/mol. The van der Waals surface area contributed by atoms with Gasteiger partial charge in [0.15, 0.2) is 0 Å². The zero-order valence-corrected chi connectivity index (χ0v) is 24.1. The van der Waals surface area contributed by atoms with E-state index in [1.54, 1.807) is 0 Å². The largest absolute Gasteiger partial charge is 1.00 e. The first kappa shape index (κ1) is 33.6. The van der Waals surface area contributed by atoms with Crippen molar-refractivity contribution >= 4 is 0 Å². The van der Waals surface area contributed by atoms with E-state index in [-0.39, 0.29) is 17.0 Å². The third-order valence-electron chi connectivity index (χ3n) is 7.19. The SMILES string of the molecule is CCCCCCCC[N+](CCCCCCC)(CCCCCCC)CCCCCCC.[Br-]. The molecule has 0 aliphatic heterocycles. The van der Waals surface area contributed by atoms with Crippen molar-refractivity contribution in [1.82, 2.24) is 0 Å². The van der Waals surface area contributed by atoms with Crippen LogP contribution >= 0.6 is 0 Å². The van der Waals surface area contributed by atoms with Gasteiger partial charge in [-0.2, -0.15) is 0 Å². The fraction of sp³-hybridized carbons (Fsp3) is 1.00. The molecule has 0 N–H and O–H groups in total. The second kappa shape index (κ2) is 26.7. The van der Waals surface area contributed by atoms with Crippen molar-refractivity contribution in [3.63, 3.8) is 0 Å². The van der Waals surface area contributed by atoms with Crippen LogP contribution in [0.25, 0.3) is 0 Å². The molecule has 0 aromatic carbocycles. The Morgan fingerprint density at radius 2 is 0.484 bits per heavy atom. The number of halogens is 1. The van der Waals surface area contributed by atoms with Gasteiger partial charge in [0.2, 0.25) is 0 Å². The molecular formula is C29H62BrN. The highest BCUT2D eigenvalue weighted by Crippen LogP contribution is 2.20. The lowest BCUT2D eigenvalue weighted by Crippen LogP contribution is -3.00. The van der Waals surface area contributed by atoms with E-state index in [1.165, 1.54) is 165 Å². The van der Waals surface area contributed by atoms with Gasteiger partial charge in [-0.1, -0.05) is 111 Å². The van der Waals surface area contributed by atoms with E-state index in [4.69, 9.17) is 0 Å². The zero-order chi connectivity index (χ0) is 22.2. The monoisotopic (exact) mass is 503 g/mol. The third kappa shape index (κ3) is 22.0. The fourth-order valence-electron chi connectivity index (χ4n) is 5.05. The first-order valence-electron chi connectivity index (χ1n) is 14.6. The molecule has 190 valence electrons. The molecule has 0 spiro atoms. The molecule has 0 aromatic rings. The van der Waals surface area contributed by atoms with Gasteiger partial charge in [0, 0.05) is 0 Å². The second-order valence-electron chi connectivity index (χ2n) is 10.2. The molecule has 0 aliphatic rings. The van der Waals surface area contributed by atoms with Gasteiger partial charge >= 0.3 is 0 Å². The van der Waals surface area contributed by atoms with Crippen LogP contribution < -0.4 is 17.0 Å². The normalized spacial score (nSPS) is 11.6. The van der Waals surface area contributed by atoms with Gasteiger partial charge in [-0.05, 0) is 51.4 Å². The van der Waals surface area contributed by atoms with Crippen LogP contribution in [0.5, 0.6) is 0 Å². The molecular weight excluding hydrogens is 442 g/mol. The molecule has 0 radical (unpaired) electrons. The number of quaternary nitrogens is 1. The summed E-state index contributed by atoms with van der Waals surface area (Å²) in [6, 6.07) is 0. The van der Waals surface area contributed by atoms with Gasteiger partial charge < -0.3 is 21.5 Å². The van der Waals surface area contributed by atoms with Crippen LogP contribution in [0.15, 0.2) is 0 Å². The Kier molecular flexibility index (Phi) is 28.9. The Morgan fingerprint density at radius 1 is 0.290 bits per heavy atom. The number of hydrogen-bond donors (Lipinski definition) is 0. The second-order valence-corrected chi connectivity index (χ2v) is 10.2. The minimum absolute atomic E-state index is 0. The Bertz CT molecular complexity index is 282. The first-order valence-corrected chi connectivity index (χ1v) is 14.6. The van der Waals surface area contributed by atoms with Crippen LogP contribution in [0.1, 0.15) is 163 Å². The van der Waals surface area contributed by atoms with Crippen LogP contribution in [0.4, 0.5) is 0 Å². The van der Waals surface area contributed by atoms with Gasteiger partial charge in [-0.15, -0.1) is 0 Å². The number of nitrogens with zero attached hydrogens (tertiary/aromatic N) is 1. The first-order chi connectivity index (χ1) is 14.7. The van der Waals surface area contributed by atoms with E-state index in [1.807, 2.05) is 0 Å². The summed E-state index contributed by atoms with van der Waals surface area (Å²) in [6.45, 7) is 15.2. The van der Waals surface area contributed by atoms with Crippen molar-refractivity contribution in [2.45, 2.75) is 163 Å². The van der Waals surface area contributed by atoms with Gasteiger partial charge in [-0.3, -0.25) is 0 Å². The lowest BCUT2D eigenvalue weighted by Gasteiger charge is -2.40. The van der Waals surface area contributed by atoms with E-state index < -0.39 is 0 Å². The lowest BCUT2D eigenvalue weighted by atomic mass is 10.1. The Labute approximate surface area is 209 Å². The highest BCUT2D eigenvalue weighted by atomic mass is 79.9. The van der Waals surface area contributed by atoms with Crippen LogP contribution in [-0.4, -0.2) is 30.7 Å². The highest BCUT2D eigenvalue weighted by molar-refractivity contribution is 4.54. The summed E-state index contributed by atoms with van der Waals surface area (Å²) >= 11 is 0. The quantitative estimate of drug-likeness (QED) is 0.0921. The molecule has 0 rings (SSSR count). The summed E-state index contributed by atoms with van der Waals surface area (Å²) in [7, 11) is 0. The van der Waals surface area contributed by atoms with E-state index in [2.05, 4.69) is 27.7 Å². The Hall–Kier alpha value is 0.440. The molecule has 0 unspecified atom stereocenters. The van der Waals surface area contributed by atoms with Crippen LogP contribution in [0.2, 0.25) is 0 Å². The molecule has 0 fully saturated rings. The van der Waals surface area contributed by atoms with Crippen molar-refractivity contribution in [1.29, 1.82) is 0 Å². The summed E-state index contributed by atoms with van der Waals surface area (Å²) in [4.78, 5) is 0. The Morgan fingerprint density at radius 3 is 0.710 bits per heavy atom. The topological polar surface area (TPSA) is 0 Å². The standard InChI is InChI=1S/C29H62N.BrH/c1-5-9-13-17-21-25-29-30(26-22-18-14-10-6-2,27-23-19-15-11-7-3)28-24-20-16-12-8-4;/h5-29H2,1-4H3;1H/q+1;/p-1. The molecule has 1 nitrogen and oxygen atoms in total. The van der Waals surface area contributed by atoms with E-state index >= 15 is 0 Å². The van der Waals surface area contributed by atoms with Gasteiger partial charge in [-0.25, -0.2) is 0 Å². The number of hydrogen-bond acceptors (Lipinski definition) is 0. The average Bonchev–Trinajstić information content (AvgIpc) is 2.75. The van der Waals surface area contributed by atoms with Gasteiger partial charge in [0.1, 0.15) is 0 Å². The van der Waals surface area contributed by atoms with Crippen molar-refractivity contribution in [3.8, 4) is 0 Å².